The fourth-order valence-electron chi connectivity index (χ4n) is 4.33. The number of methoxy groups -OCH3 is 1. The van der Waals surface area contributed by atoms with Gasteiger partial charge >= 0.3 is 0 Å². The van der Waals surface area contributed by atoms with Crippen molar-refractivity contribution < 1.29 is 26.1 Å². The highest BCUT2D eigenvalue weighted by atomic mass is 32.2. The summed E-state index contributed by atoms with van der Waals surface area (Å²) in [4.78, 5) is 9.19. The SMILES string of the molecule is COc1ccc(S(=O)(=O)Nc2ccc(-c3nc4ccc(-c5nc6ccc(C)c(S(=O)(=O)[O-])c6s5)cc4s3)cc2)cc1. The molecule has 2 aromatic heterocycles. The summed E-state index contributed by atoms with van der Waals surface area (Å²) in [6, 6.07) is 22.0. The maximum atomic E-state index is 12.8. The van der Waals surface area contributed by atoms with Crippen LogP contribution in [0.3, 0.4) is 0 Å². The van der Waals surface area contributed by atoms with Crippen LogP contribution in [0, 0.1) is 6.92 Å². The maximum absolute atomic E-state index is 12.8. The molecule has 0 saturated carbocycles. The van der Waals surface area contributed by atoms with E-state index >= 15 is 0 Å². The minimum absolute atomic E-state index is 0.124. The molecule has 6 rings (SSSR count). The van der Waals surface area contributed by atoms with E-state index in [1.165, 1.54) is 41.9 Å². The predicted octanol–water partition coefficient (Wildman–Crippen LogP) is 6.26. The molecular weight excluding hydrogens is 603 g/mol. The van der Waals surface area contributed by atoms with Crippen LogP contribution in [0.5, 0.6) is 5.75 Å². The summed E-state index contributed by atoms with van der Waals surface area (Å²) in [6.45, 7) is 1.59. The van der Waals surface area contributed by atoms with Crippen LogP contribution in [0.1, 0.15) is 5.56 Å². The fraction of sp³-hybridized carbons (Fsp3) is 0.0714. The molecular formula is C28H20N3O6S4-. The van der Waals surface area contributed by atoms with E-state index in [0.29, 0.717) is 32.2 Å². The Balaban J connectivity index is 1.27. The van der Waals surface area contributed by atoms with Gasteiger partial charge in [0.25, 0.3) is 10.0 Å². The number of nitrogens with one attached hydrogen (secondary N) is 1. The number of sulfonamides is 1. The molecule has 0 aliphatic rings. The zero-order valence-corrected chi connectivity index (χ0v) is 24.7. The van der Waals surface area contributed by atoms with Crippen molar-refractivity contribution in [1.29, 1.82) is 0 Å². The van der Waals surface area contributed by atoms with Gasteiger partial charge in [0.05, 0.1) is 37.3 Å². The Morgan fingerprint density at radius 2 is 1.41 bits per heavy atom. The lowest BCUT2D eigenvalue weighted by molar-refractivity contribution is 0.414. The molecule has 0 spiro atoms. The monoisotopic (exact) mass is 622 g/mol. The summed E-state index contributed by atoms with van der Waals surface area (Å²) < 4.78 is 70.1. The fourth-order valence-corrected chi connectivity index (χ4v) is 8.68. The highest BCUT2D eigenvalue weighted by Crippen LogP contribution is 2.38. The van der Waals surface area contributed by atoms with Gasteiger partial charge in [-0.05, 0) is 85.3 Å². The molecule has 0 radical (unpaired) electrons. The molecule has 0 unspecified atom stereocenters. The summed E-state index contributed by atoms with van der Waals surface area (Å²) in [7, 11) is -6.90. The first-order valence-electron chi connectivity index (χ1n) is 12.1. The van der Waals surface area contributed by atoms with Crippen LogP contribution < -0.4 is 9.46 Å². The zero-order chi connectivity index (χ0) is 28.9. The predicted molar refractivity (Wildman–Crippen MR) is 160 cm³/mol. The van der Waals surface area contributed by atoms with Crippen molar-refractivity contribution >= 4 is 68.9 Å². The Morgan fingerprint density at radius 3 is 2.10 bits per heavy atom. The van der Waals surface area contributed by atoms with Crippen molar-refractivity contribution in [2.24, 2.45) is 0 Å². The van der Waals surface area contributed by atoms with E-state index in [2.05, 4.69) is 9.71 Å². The molecule has 4 aromatic carbocycles. The lowest BCUT2D eigenvalue weighted by atomic mass is 10.2. The van der Waals surface area contributed by atoms with E-state index in [4.69, 9.17) is 9.72 Å². The third kappa shape index (κ3) is 5.29. The third-order valence-electron chi connectivity index (χ3n) is 6.35. The highest BCUT2D eigenvalue weighted by Gasteiger charge is 2.18. The van der Waals surface area contributed by atoms with Crippen LogP contribution in [-0.4, -0.2) is 38.5 Å². The van der Waals surface area contributed by atoms with E-state index in [0.717, 1.165) is 26.4 Å². The minimum Gasteiger partial charge on any atom is -0.744 e. The molecule has 6 aromatic rings. The number of fused-ring (bicyclic) bond motifs is 2. The first kappa shape index (κ1) is 27.3. The van der Waals surface area contributed by atoms with Crippen LogP contribution in [0.25, 0.3) is 41.6 Å². The average molecular weight is 623 g/mol. The topological polar surface area (TPSA) is 138 Å². The largest absolute Gasteiger partial charge is 0.744 e. The highest BCUT2D eigenvalue weighted by molar-refractivity contribution is 7.92. The maximum Gasteiger partial charge on any atom is 0.261 e. The molecule has 2 heterocycles. The van der Waals surface area contributed by atoms with Crippen molar-refractivity contribution in [2.45, 2.75) is 16.7 Å². The van der Waals surface area contributed by atoms with E-state index in [9.17, 15) is 21.4 Å². The number of benzene rings is 4. The van der Waals surface area contributed by atoms with Gasteiger partial charge < -0.3 is 9.29 Å². The number of aromatic nitrogens is 2. The molecule has 1 N–H and O–H groups in total. The summed E-state index contributed by atoms with van der Waals surface area (Å²) in [6.07, 6.45) is 0. The molecule has 0 amide bonds. The summed E-state index contributed by atoms with van der Waals surface area (Å²) in [5.74, 6) is 0.565. The molecule has 0 saturated heterocycles. The van der Waals surface area contributed by atoms with Gasteiger partial charge in [0, 0.05) is 16.8 Å². The minimum atomic E-state index is -4.65. The van der Waals surface area contributed by atoms with Gasteiger partial charge in [-0.25, -0.2) is 26.8 Å². The number of aryl methyl sites for hydroxylation is 1. The number of rotatable bonds is 7. The summed E-state index contributed by atoms with van der Waals surface area (Å²) in [5.41, 5.74) is 3.64. The Labute approximate surface area is 243 Å². The van der Waals surface area contributed by atoms with Crippen LogP contribution in [0.15, 0.2) is 88.7 Å². The van der Waals surface area contributed by atoms with Crippen LogP contribution >= 0.6 is 22.7 Å². The summed E-state index contributed by atoms with van der Waals surface area (Å²) in [5, 5.41) is 1.35. The van der Waals surface area contributed by atoms with Crippen molar-refractivity contribution in [3.05, 3.63) is 84.4 Å². The van der Waals surface area contributed by atoms with Crippen LogP contribution in [0.4, 0.5) is 5.69 Å². The van der Waals surface area contributed by atoms with Gasteiger partial charge in [-0.2, -0.15) is 0 Å². The Kier molecular flexibility index (Phi) is 6.78. The first-order valence-corrected chi connectivity index (χ1v) is 16.6. The lowest BCUT2D eigenvalue weighted by Crippen LogP contribution is -2.12. The van der Waals surface area contributed by atoms with Gasteiger partial charge in [0.2, 0.25) is 0 Å². The Hall–Kier alpha value is -3.88. The molecule has 13 heteroatoms. The standard InChI is InChI=1S/C28H21N3O6S4/c1-16-3-13-23-25(26(16)41(34,35)36)39-28(30-23)18-6-14-22-24(15-18)38-27(29-22)17-4-7-19(8-5-17)31-40(32,33)21-11-9-20(37-2)10-12-21/h3-15,31H,1-2H3,(H,34,35,36)/p-1. The number of nitrogens with zero attached hydrogens (tertiary/aromatic N) is 2. The van der Waals surface area contributed by atoms with Crippen LogP contribution in [-0.2, 0) is 20.1 Å². The number of hydrogen-bond acceptors (Lipinski definition) is 10. The Bertz CT molecular complexity index is 2150. The van der Waals surface area contributed by atoms with Gasteiger partial charge in [-0.3, -0.25) is 4.72 Å². The molecule has 0 bridgehead atoms. The molecule has 0 fully saturated rings. The van der Waals surface area contributed by atoms with E-state index < -0.39 is 20.1 Å². The van der Waals surface area contributed by atoms with Gasteiger partial charge in [0.15, 0.2) is 0 Å². The van der Waals surface area contributed by atoms with E-state index in [1.54, 1.807) is 55.5 Å². The molecule has 0 aliphatic carbocycles. The number of ether oxygens (including phenoxy) is 1. The Morgan fingerprint density at radius 1 is 0.780 bits per heavy atom. The van der Waals surface area contributed by atoms with E-state index in [-0.39, 0.29) is 9.79 Å². The molecule has 41 heavy (non-hydrogen) atoms. The molecule has 0 atom stereocenters. The van der Waals surface area contributed by atoms with Crippen molar-refractivity contribution in [2.75, 3.05) is 11.8 Å². The number of hydrogen-bond donors (Lipinski definition) is 1. The summed E-state index contributed by atoms with van der Waals surface area (Å²) >= 11 is 2.63. The zero-order valence-electron chi connectivity index (χ0n) is 21.5. The van der Waals surface area contributed by atoms with E-state index in [1.807, 2.05) is 18.2 Å². The smallest absolute Gasteiger partial charge is 0.261 e. The normalized spacial score (nSPS) is 12.2. The third-order valence-corrected chi connectivity index (χ3v) is 11.1. The number of thiazole rings is 2. The van der Waals surface area contributed by atoms with Crippen molar-refractivity contribution in [3.63, 3.8) is 0 Å². The van der Waals surface area contributed by atoms with Gasteiger partial charge in [0.1, 0.15) is 25.9 Å². The quantitative estimate of drug-likeness (QED) is 0.206. The first-order chi connectivity index (χ1) is 19.5. The average Bonchev–Trinajstić information content (AvgIpc) is 3.56. The van der Waals surface area contributed by atoms with Crippen molar-refractivity contribution in [1.82, 2.24) is 9.97 Å². The molecule has 0 aliphatic heterocycles. The number of anilines is 1. The molecule has 208 valence electrons. The second-order valence-electron chi connectivity index (χ2n) is 9.09. The lowest BCUT2D eigenvalue weighted by Gasteiger charge is -2.10. The van der Waals surface area contributed by atoms with Crippen LogP contribution in [0.2, 0.25) is 0 Å². The van der Waals surface area contributed by atoms with Crippen molar-refractivity contribution in [3.8, 4) is 26.9 Å². The second-order valence-corrected chi connectivity index (χ2v) is 14.1. The van der Waals surface area contributed by atoms with Gasteiger partial charge in [-0.15, -0.1) is 22.7 Å². The molecule has 9 nitrogen and oxygen atoms in total. The van der Waals surface area contributed by atoms with Gasteiger partial charge in [-0.1, -0.05) is 6.07 Å². The second kappa shape index (κ2) is 10.2.